The van der Waals surface area contributed by atoms with Crippen LogP contribution in [0.2, 0.25) is 0 Å². The van der Waals surface area contributed by atoms with Crippen LogP contribution in [0.4, 0.5) is 0 Å². The van der Waals surface area contributed by atoms with E-state index in [1.54, 1.807) is 6.20 Å². The lowest BCUT2D eigenvalue weighted by atomic mass is 10.4. The zero-order valence-electron chi connectivity index (χ0n) is 7.96. The number of thiazole rings is 1. The molecule has 0 aromatic carbocycles. The summed E-state index contributed by atoms with van der Waals surface area (Å²) < 4.78 is 2.15. The van der Waals surface area contributed by atoms with Gasteiger partial charge in [-0.15, -0.1) is 11.3 Å². The van der Waals surface area contributed by atoms with Crippen LogP contribution in [0.1, 0.15) is 28.6 Å². The van der Waals surface area contributed by atoms with Crippen LogP contribution in [0.5, 0.6) is 0 Å². The van der Waals surface area contributed by atoms with Gasteiger partial charge < -0.3 is 4.57 Å². The van der Waals surface area contributed by atoms with E-state index >= 15 is 0 Å². The van der Waals surface area contributed by atoms with Crippen LogP contribution in [0.25, 0.3) is 10.7 Å². The second-order valence-electron chi connectivity index (χ2n) is 3.60. The molecule has 0 amide bonds. The monoisotopic (exact) mass is 219 g/mol. The zero-order valence-corrected chi connectivity index (χ0v) is 8.78. The molecular formula is C10H9N3OS. The fourth-order valence-corrected chi connectivity index (χ4v) is 2.32. The molecule has 0 saturated heterocycles. The summed E-state index contributed by atoms with van der Waals surface area (Å²) in [6, 6.07) is 0.589. The molecule has 2 heterocycles. The van der Waals surface area contributed by atoms with Crippen molar-refractivity contribution in [3.63, 3.8) is 0 Å². The Balaban J connectivity index is 2.03. The molecule has 0 spiro atoms. The molecule has 0 N–H and O–H groups in total. The van der Waals surface area contributed by atoms with E-state index in [9.17, 15) is 4.79 Å². The second-order valence-corrected chi connectivity index (χ2v) is 4.67. The average Bonchev–Trinajstić information content (AvgIpc) is 2.83. The molecule has 1 aliphatic carbocycles. The van der Waals surface area contributed by atoms with Crippen molar-refractivity contribution < 1.29 is 4.79 Å². The maximum Gasteiger partial charge on any atom is 0.161 e. The van der Waals surface area contributed by atoms with E-state index in [-0.39, 0.29) is 0 Å². The number of hydrogen-bond acceptors (Lipinski definition) is 4. The van der Waals surface area contributed by atoms with Crippen molar-refractivity contribution in [2.75, 3.05) is 0 Å². The third kappa shape index (κ3) is 1.48. The molecule has 1 fully saturated rings. The summed E-state index contributed by atoms with van der Waals surface area (Å²) in [7, 11) is 0. The molecule has 0 unspecified atom stereocenters. The van der Waals surface area contributed by atoms with Crippen molar-refractivity contribution in [1.82, 2.24) is 14.5 Å². The number of rotatable bonds is 3. The van der Waals surface area contributed by atoms with Crippen LogP contribution in [0.15, 0.2) is 18.7 Å². The Kier molecular flexibility index (Phi) is 1.92. The highest BCUT2D eigenvalue weighted by Gasteiger charge is 2.26. The molecule has 5 heteroatoms. The quantitative estimate of drug-likeness (QED) is 0.743. The maximum atomic E-state index is 10.6. The van der Waals surface area contributed by atoms with Crippen LogP contribution in [0.3, 0.4) is 0 Å². The lowest BCUT2D eigenvalue weighted by molar-refractivity contribution is 0.112. The molecule has 0 atom stereocenters. The molecule has 1 aliphatic rings. The minimum absolute atomic E-state index is 0.589. The molecule has 15 heavy (non-hydrogen) atoms. The van der Waals surface area contributed by atoms with E-state index < -0.39 is 0 Å². The summed E-state index contributed by atoms with van der Waals surface area (Å²) in [5.74, 6) is 0. The van der Waals surface area contributed by atoms with Crippen LogP contribution < -0.4 is 0 Å². The first-order valence-electron chi connectivity index (χ1n) is 4.81. The first-order valence-corrected chi connectivity index (χ1v) is 5.63. The fourth-order valence-electron chi connectivity index (χ4n) is 1.57. The normalized spacial score (nSPS) is 15.5. The average molecular weight is 219 g/mol. The fraction of sp³-hybridized carbons (Fsp3) is 0.300. The predicted octanol–water partition coefficient (Wildman–Crippen LogP) is 2.15. The molecule has 76 valence electrons. The molecule has 2 aromatic heterocycles. The van der Waals surface area contributed by atoms with Gasteiger partial charge in [0.15, 0.2) is 6.29 Å². The third-order valence-electron chi connectivity index (χ3n) is 2.47. The lowest BCUT2D eigenvalue weighted by Gasteiger charge is -2.01. The topological polar surface area (TPSA) is 47.8 Å². The summed E-state index contributed by atoms with van der Waals surface area (Å²) in [6.45, 7) is 0. The van der Waals surface area contributed by atoms with E-state index in [1.165, 1.54) is 24.2 Å². The van der Waals surface area contributed by atoms with Crippen LogP contribution in [0, 0.1) is 0 Å². The number of aldehydes is 1. The number of carbonyl (C=O) groups is 1. The van der Waals surface area contributed by atoms with E-state index in [2.05, 4.69) is 14.5 Å². The molecular weight excluding hydrogens is 210 g/mol. The Morgan fingerprint density at radius 1 is 1.47 bits per heavy atom. The summed E-state index contributed by atoms with van der Waals surface area (Å²) in [6.07, 6.45) is 8.53. The van der Waals surface area contributed by atoms with Crippen molar-refractivity contribution in [2.24, 2.45) is 0 Å². The van der Waals surface area contributed by atoms with Crippen LogP contribution in [-0.2, 0) is 0 Å². The number of carbonyl (C=O) groups excluding carboxylic acids is 1. The SMILES string of the molecule is O=Cc1cnc(-c2cncn2C2CC2)s1. The highest BCUT2D eigenvalue weighted by atomic mass is 32.1. The molecule has 0 radical (unpaired) electrons. The van der Waals surface area contributed by atoms with Gasteiger partial charge in [0.1, 0.15) is 5.01 Å². The van der Waals surface area contributed by atoms with Crippen molar-refractivity contribution >= 4 is 17.6 Å². The van der Waals surface area contributed by atoms with E-state index in [0.717, 1.165) is 17.0 Å². The van der Waals surface area contributed by atoms with Gasteiger partial charge in [-0.3, -0.25) is 4.79 Å². The van der Waals surface area contributed by atoms with Crippen molar-refractivity contribution in [3.8, 4) is 10.7 Å². The predicted molar refractivity (Wildman–Crippen MR) is 57.0 cm³/mol. The van der Waals surface area contributed by atoms with Crippen molar-refractivity contribution in [2.45, 2.75) is 18.9 Å². The Morgan fingerprint density at radius 3 is 3.00 bits per heavy atom. The highest BCUT2D eigenvalue weighted by molar-refractivity contribution is 7.16. The molecule has 1 saturated carbocycles. The molecule has 2 aromatic rings. The second kappa shape index (κ2) is 3.27. The first kappa shape index (κ1) is 8.79. The van der Waals surface area contributed by atoms with Crippen LogP contribution >= 0.6 is 11.3 Å². The summed E-state index contributed by atoms with van der Waals surface area (Å²) in [5, 5.41) is 0.876. The Labute approximate surface area is 90.6 Å². The molecule has 3 rings (SSSR count). The smallest absolute Gasteiger partial charge is 0.161 e. The van der Waals surface area contributed by atoms with Gasteiger partial charge in [-0.25, -0.2) is 9.97 Å². The molecule has 0 aliphatic heterocycles. The summed E-state index contributed by atoms with van der Waals surface area (Å²) in [5.41, 5.74) is 1.02. The number of nitrogens with zero attached hydrogens (tertiary/aromatic N) is 3. The minimum Gasteiger partial charge on any atom is -0.326 e. The van der Waals surface area contributed by atoms with E-state index in [1.807, 2.05) is 12.5 Å². The number of hydrogen-bond donors (Lipinski definition) is 0. The van der Waals surface area contributed by atoms with Gasteiger partial charge in [0, 0.05) is 12.2 Å². The van der Waals surface area contributed by atoms with Gasteiger partial charge in [-0.1, -0.05) is 0 Å². The maximum absolute atomic E-state index is 10.6. The van der Waals surface area contributed by atoms with Crippen LogP contribution in [-0.4, -0.2) is 20.8 Å². The Morgan fingerprint density at radius 2 is 2.33 bits per heavy atom. The van der Waals surface area contributed by atoms with Gasteiger partial charge in [0.25, 0.3) is 0 Å². The minimum atomic E-state index is 0.589. The zero-order chi connectivity index (χ0) is 10.3. The van der Waals surface area contributed by atoms with Gasteiger partial charge in [0.05, 0.1) is 23.1 Å². The number of imidazole rings is 1. The van der Waals surface area contributed by atoms with Crippen molar-refractivity contribution in [3.05, 3.63) is 23.6 Å². The van der Waals surface area contributed by atoms with E-state index in [0.29, 0.717) is 10.9 Å². The largest absolute Gasteiger partial charge is 0.326 e. The standard InChI is InChI=1S/C10H9N3OS/c14-5-8-3-12-10(15-8)9-4-11-6-13(9)7-1-2-7/h3-7H,1-2H2. The summed E-state index contributed by atoms with van der Waals surface area (Å²) in [4.78, 5) is 19.6. The number of aromatic nitrogens is 3. The lowest BCUT2D eigenvalue weighted by Crippen LogP contribution is -1.93. The van der Waals surface area contributed by atoms with E-state index in [4.69, 9.17) is 0 Å². The van der Waals surface area contributed by atoms with Gasteiger partial charge in [0.2, 0.25) is 0 Å². The van der Waals surface area contributed by atoms with Gasteiger partial charge in [-0.05, 0) is 12.8 Å². The Bertz CT molecular complexity index is 498. The first-order chi connectivity index (χ1) is 7.38. The van der Waals surface area contributed by atoms with Gasteiger partial charge in [-0.2, -0.15) is 0 Å². The van der Waals surface area contributed by atoms with Crippen molar-refractivity contribution in [1.29, 1.82) is 0 Å². The third-order valence-corrected chi connectivity index (χ3v) is 3.41. The van der Waals surface area contributed by atoms with Gasteiger partial charge >= 0.3 is 0 Å². The molecule has 0 bridgehead atoms. The highest BCUT2D eigenvalue weighted by Crippen LogP contribution is 2.38. The Hall–Kier alpha value is -1.49. The molecule has 4 nitrogen and oxygen atoms in total. The summed E-state index contributed by atoms with van der Waals surface area (Å²) >= 11 is 1.41.